The van der Waals surface area contributed by atoms with Crippen LogP contribution < -0.4 is 5.32 Å². The molecule has 0 saturated heterocycles. The molecule has 0 unspecified atom stereocenters. The number of fused-ring (bicyclic) bond motifs is 1. The summed E-state index contributed by atoms with van der Waals surface area (Å²) in [7, 11) is 2.22. The Morgan fingerprint density at radius 2 is 2.11 bits per heavy atom. The predicted octanol–water partition coefficient (Wildman–Crippen LogP) is 2.42. The molecule has 2 aromatic rings. The largest absolute Gasteiger partial charge is 0.311 e. The Balaban J connectivity index is 1.56. The number of hydrogen-bond donors (Lipinski definition) is 1. The highest BCUT2D eigenvalue weighted by Gasteiger charge is 2.25. The Kier molecular flexibility index (Phi) is 3.76. The van der Waals surface area contributed by atoms with Crippen LogP contribution in [0.25, 0.3) is 10.8 Å². The monoisotopic (exact) mass is 255 g/mol. The number of pyridine rings is 1. The maximum absolute atomic E-state index is 4.31. The predicted molar refractivity (Wildman–Crippen MR) is 79.1 cm³/mol. The minimum absolute atomic E-state index is 0.848. The lowest BCUT2D eigenvalue weighted by Gasteiger charge is -2.16. The van der Waals surface area contributed by atoms with Crippen LogP contribution in [0.3, 0.4) is 0 Å². The van der Waals surface area contributed by atoms with Crippen molar-refractivity contribution in [2.45, 2.75) is 25.4 Å². The number of benzene rings is 1. The van der Waals surface area contributed by atoms with Gasteiger partial charge in [0.15, 0.2) is 0 Å². The van der Waals surface area contributed by atoms with Crippen molar-refractivity contribution in [2.24, 2.45) is 0 Å². The molecule has 1 saturated carbocycles. The molecule has 0 aliphatic heterocycles. The lowest BCUT2D eigenvalue weighted by Crippen LogP contribution is -2.30. The molecule has 0 amide bonds. The lowest BCUT2D eigenvalue weighted by atomic mass is 10.1. The van der Waals surface area contributed by atoms with E-state index in [-0.39, 0.29) is 0 Å². The summed E-state index contributed by atoms with van der Waals surface area (Å²) in [4.78, 5) is 6.77. The molecule has 3 rings (SSSR count). The van der Waals surface area contributed by atoms with Crippen LogP contribution in [-0.4, -0.2) is 36.1 Å². The second kappa shape index (κ2) is 5.68. The summed E-state index contributed by atoms with van der Waals surface area (Å²) < 4.78 is 0. The van der Waals surface area contributed by atoms with Gasteiger partial charge in [0, 0.05) is 43.5 Å². The highest BCUT2D eigenvalue weighted by Crippen LogP contribution is 2.24. The van der Waals surface area contributed by atoms with E-state index in [0.29, 0.717) is 0 Å². The Morgan fingerprint density at radius 1 is 1.26 bits per heavy atom. The van der Waals surface area contributed by atoms with Gasteiger partial charge < -0.3 is 10.2 Å². The maximum Gasteiger partial charge on any atom is 0.0346 e. The Hall–Kier alpha value is -1.45. The van der Waals surface area contributed by atoms with Gasteiger partial charge >= 0.3 is 0 Å². The van der Waals surface area contributed by atoms with Gasteiger partial charge in [-0.2, -0.15) is 0 Å². The molecule has 0 atom stereocenters. The van der Waals surface area contributed by atoms with E-state index in [2.05, 4.69) is 46.5 Å². The van der Waals surface area contributed by atoms with Gasteiger partial charge in [-0.15, -0.1) is 0 Å². The third-order valence-electron chi connectivity index (χ3n) is 3.88. The number of nitrogens with zero attached hydrogens (tertiary/aromatic N) is 2. The van der Waals surface area contributed by atoms with E-state index >= 15 is 0 Å². The second-order valence-corrected chi connectivity index (χ2v) is 5.41. The maximum atomic E-state index is 4.31. The van der Waals surface area contributed by atoms with E-state index in [0.717, 1.165) is 25.7 Å². The summed E-state index contributed by atoms with van der Waals surface area (Å²) in [5.74, 6) is 0. The van der Waals surface area contributed by atoms with Crippen LogP contribution in [0.2, 0.25) is 0 Å². The normalized spacial score (nSPS) is 15.3. The minimum atomic E-state index is 0.848. The molecular formula is C16H21N3. The summed E-state index contributed by atoms with van der Waals surface area (Å²) in [6.07, 6.45) is 6.66. The van der Waals surface area contributed by atoms with Crippen LogP contribution in [-0.2, 0) is 6.54 Å². The second-order valence-electron chi connectivity index (χ2n) is 5.41. The van der Waals surface area contributed by atoms with Crippen LogP contribution >= 0.6 is 0 Å². The van der Waals surface area contributed by atoms with Gasteiger partial charge in [0.25, 0.3) is 0 Å². The lowest BCUT2D eigenvalue weighted by molar-refractivity contribution is 0.321. The average molecular weight is 255 g/mol. The summed E-state index contributed by atoms with van der Waals surface area (Å²) in [5.41, 5.74) is 1.28. The molecule has 0 radical (unpaired) electrons. The topological polar surface area (TPSA) is 28.2 Å². The molecule has 1 aromatic heterocycles. The van der Waals surface area contributed by atoms with Crippen molar-refractivity contribution in [3.05, 3.63) is 42.2 Å². The van der Waals surface area contributed by atoms with Crippen LogP contribution in [0.5, 0.6) is 0 Å². The van der Waals surface area contributed by atoms with Crippen LogP contribution in [0.15, 0.2) is 36.7 Å². The van der Waals surface area contributed by atoms with E-state index in [4.69, 9.17) is 0 Å². The number of likely N-dealkylation sites (N-methyl/N-ethyl adjacent to an activating group) is 1. The minimum Gasteiger partial charge on any atom is -0.311 e. The highest BCUT2D eigenvalue weighted by molar-refractivity contribution is 5.84. The van der Waals surface area contributed by atoms with Crippen molar-refractivity contribution in [1.29, 1.82) is 0 Å². The molecule has 1 fully saturated rings. The molecule has 3 nitrogen and oxygen atoms in total. The van der Waals surface area contributed by atoms with Gasteiger partial charge in [0.05, 0.1) is 0 Å². The zero-order valence-electron chi connectivity index (χ0n) is 11.5. The first-order valence-corrected chi connectivity index (χ1v) is 7.07. The van der Waals surface area contributed by atoms with E-state index in [1.165, 1.54) is 29.2 Å². The van der Waals surface area contributed by atoms with Crippen molar-refractivity contribution >= 4 is 10.8 Å². The van der Waals surface area contributed by atoms with E-state index in [1.807, 2.05) is 12.4 Å². The zero-order valence-corrected chi connectivity index (χ0v) is 11.5. The van der Waals surface area contributed by atoms with Crippen LogP contribution in [0.1, 0.15) is 18.4 Å². The Bertz CT molecular complexity index is 543. The molecule has 1 N–H and O–H groups in total. The Labute approximate surface area is 114 Å². The summed E-state index contributed by atoms with van der Waals surface area (Å²) in [5, 5.41) is 6.05. The molecule has 1 aromatic carbocycles. The average Bonchev–Trinajstić information content (AvgIpc) is 3.28. The highest BCUT2D eigenvalue weighted by atomic mass is 15.2. The molecule has 1 aliphatic rings. The zero-order chi connectivity index (χ0) is 13.1. The van der Waals surface area contributed by atoms with Gasteiger partial charge in [-0.25, -0.2) is 0 Å². The van der Waals surface area contributed by atoms with E-state index in [9.17, 15) is 0 Å². The fourth-order valence-corrected chi connectivity index (χ4v) is 2.50. The standard InChI is InChI=1S/C16H21N3/c1-19(15-6-7-15)9-8-17-11-14-12-18-10-13-4-2-3-5-16(13)14/h2-5,10,12,15,17H,6-9,11H2,1H3. The summed E-state index contributed by atoms with van der Waals surface area (Å²) >= 11 is 0. The molecule has 1 heterocycles. The molecular weight excluding hydrogens is 234 g/mol. The van der Waals surface area contributed by atoms with Crippen molar-refractivity contribution in [1.82, 2.24) is 15.2 Å². The van der Waals surface area contributed by atoms with E-state index in [1.54, 1.807) is 0 Å². The Morgan fingerprint density at radius 3 is 2.95 bits per heavy atom. The summed E-state index contributed by atoms with van der Waals surface area (Å²) in [6, 6.07) is 9.29. The fraction of sp³-hybridized carbons (Fsp3) is 0.438. The number of nitrogens with one attached hydrogen (secondary N) is 1. The van der Waals surface area contributed by atoms with Gasteiger partial charge in [-0.3, -0.25) is 4.98 Å². The number of rotatable bonds is 6. The summed E-state index contributed by atoms with van der Waals surface area (Å²) in [6.45, 7) is 3.06. The number of hydrogen-bond acceptors (Lipinski definition) is 3. The first kappa shape index (κ1) is 12.6. The van der Waals surface area contributed by atoms with Crippen LogP contribution in [0, 0.1) is 0 Å². The van der Waals surface area contributed by atoms with Gasteiger partial charge in [-0.05, 0) is 30.8 Å². The molecule has 3 heteroatoms. The van der Waals surface area contributed by atoms with Gasteiger partial charge in [0.2, 0.25) is 0 Å². The molecule has 0 spiro atoms. The van der Waals surface area contributed by atoms with Crippen LogP contribution in [0.4, 0.5) is 0 Å². The third kappa shape index (κ3) is 3.11. The van der Waals surface area contributed by atoms with Crippen molar-refractivity contribution in [3.63, 3.8) is 0 Å². The van der Waals surface area contributed by atoms with Crippen molar-refractivity contribution < 1.29 is 0 Å². The fourth-order valence-electron chi connectivity index (χ4n) is 2.50. The van der Waals surface area contributed by atoms with E-state index < -0.39 is 0 Å². The SMILES string of the molecule is CN(CCNCc1cncc2ccccc12)C1CC1. The molecule has 19 heavy (non-hydrogen) atoms. The first-order valence-electron chi connectivity index (χ1n) is 7.07. The van der Waals surface area contributed by atoms with Gasteiger partial charge in [-0.1, -0.05) is 24.3 Å². The molecule has 1 aliphatic carbocycles. The van der Waals surface area contributed by atoms with Crippen molar-refractivity contribution in [2.75, 3.05) is 20.1 Å². The molecule has 100 valence electrons. The number of aromatic nitrogens is 1. The van der Waals surface area contributed by atoms with Crippen molar-refractivity contribution in [3.8, 4) is 0 Å². The molecule has 0 bridgehead atoms. The smallest absolute Gasteiger partial charge is 0.0346 e. The third-order valence-corrected chi connectivity index (χ3v) is 3.88. The quantitative estimate of drug-likeness (QED) is 0.804. The first-order chi connectivity index (χ1) is 9.34. The van der Waals surface area contributed by atoms with Gasteiger partial charge in [0.1, 0.15) is 0 Å².